The van der Waals surface area contributed by atoms with Crippen molar-refractivity contribution in [2.75, 3.05) is 6.54 Å². The lowest BCUT2D eigenvalue weighted by molar-refractivity contribution is 0.282. The van der Waals surface area contributed by atoms with E-state index in [1.807, 2.05) is 12.1 Å². The van der Waals surface area contributed by atoms with Gasteiger partial charge in [0.05, 0.1) is 0 Å². The maximum absolute atomic E-state index is 14.5. The van der Waals surface area contributed by atoms with E-state index in [0.29, 0.717) is 24.0 Å². The summed E-state index contributed by atoms with van der Waals surface area (Å²) in [5.74, 6) is 1.16. The van der Waals surface area contributed by atoms with Crippen LogP contribution in [0.15, 0.2) is 24.4 Å². The molecule has 3 N–H and O–H groups in total. The van der Waals surface area contributed by atoms with E-state index in [1.54, 1.807) is 6.07 Å². The number of nitrogens with one attached hydrogen (secondary N) is 1. The highest BCUT2D eigenvalue weighted by Gasteiger charge is 2.29. The van der Waals surface area contributed by atoms with E-state index in [-0.39, 0.29) is 5.82 Å². The minimum absolute atomic E-state index is 0.0933. The third kappa shape index (κ3) is 5.48. The Morgan fingerprint density at radius 1 is 0.909 bits per heavy atom. The van der Waals surface area contributed by atoms with Crippen molar-refractivity contribution in [1.82, 2.24) is 9.88 Å². The van der Waals surface area contributed by atoms with Crippen LogP contribution in [0.5, 0.6) is 0 Å². The SMILES string of the molecule is N[C@H]1CC[C@H](NCCC(c2cn(C3CCCCC3)c3ccc(F)cc23)C2CCCCC2)CC1. The molecule has 0 bridgehead atoms. The molecule has 3 fully saturated rings. The first-order valence-electron chi connectivity index (χ1n) is 14.0. The van der Waals surface area contributed by atoms with Gasteiger partial charge < -0.3 is 15.6 Å². The van der Waals surface area contributed by atoms with Gasteiger partial charge in [0, 0.05) is 35.2 Å². The van der Waals surface area contributed by atoms with Gasteiger partial charge in [-0.25, -0.2) is 4.39 Å². The summed E-state index contributed by atoms with van der Waals surface area (Å²) in [5, 5.41) is 5.06. The van der Waals surface area contributed by atoms with Crippen LogP contribution in [0.3, 0.4) is 0 Å². The van der Waals surface area contributed by atoms with E-state index in [1.165, 1.54) is 93.5 Å². The van der Waals surface area contributed by atoms with Crippen molar-refractivity contribution >= 4 is 10.9 Å². The zero-order valence-corrected chi connectivity index (χ0v) is 20.4. The summed E-state index contributed by atoms with van der Waals surface area (Å²) >= 11 is 0. The molecule has 3 aliphatic rings. The van der Waals surface area contributed by atoms with E-state index in [0.717, 1.165) is 31.7 Å². The van der Waals surface area contributed by atoms with Crippen LogP contribution in [0.2, 0.25) is 0 Å². The molecule has 1 unspecified atom stereocenters. The van der Waals surface area contributed by atoms with Crippen molar-refractivity contribution in [2.45, 2.75) is 120 Å². The second-order valence-electron chi connectivity index (χ2n) is 11.3. The van der Waals surface area contributed by atoms with Crippen LogP contribution >= 0.6 is 0 Å². The third-order valence-corrected chi connectivity index (χ3v) is 9.07. The second-order valence-corrected chi connectivity index (χ2v) is 11.3. The predicted octanol–water partition coefficient (Wildman–Crippen LogP) is 7.20. The van der Waals surface area contributed by atoms with Crippen LogP contribution in [0.4, 0.5) is 4.39 Å². The fourth-order valence-electron chi connectivity index (χ4n) is 7.16. The summed E-state index contributed by atoms with van der Waals surface area (Å²) in [6.07, 6.45) is 21.6. The Bertz CT molecular complexity index is 886. The molecule has 33 heavy (non-hydrogen) atoms. The number of nitrogens with two attached hydrogens (primary N) is 1. The normalized spacial score (nSPS) is 26.6. The number of benzene rings is 1. The summed E-state index contributed by atoms with van der Waals surface area (Å²) in [7, 11) is 0. The van der Waals surface area contributed by atoms with Crippen molar-refractivity contribution in [3.63, 3.8) is 0 Å². The lowest BCUT2D eigenvalue weighted by Gasteiger charge is -2.32. The van der Waals surface area contributed by atoms with Gasteiger partial charge in [0.2, 0.25) is 0 Å². The maximum atomic E-state index is 14.5. The molecule has 3 aliphatic carbocycles. The molecule has 3 saturated carbocycles. The number of fused-ring (bicyclic) bond motifs is 1. The van der Waals surface area contributed by atoms with Gasteiger partial charge in [0.25, 0.3) is 0 Å². The van der Waals surface area contributed by atoms with Gasteiger partial charge in [0.1, 0.15) is 5.82 Å². The second kappa shape index (κ2) is 10.9. The Labute approximate surface area is 199 Å². The highest BCUT2D eigenvalue weighted by Crippen LogP contribution is 2.43. The molecule has 1 aromatic heterocycles. The molecule has 0 aliphatic heterocycles. The molecule has 0 saturated heterocycles. The van der Waals surface area contributed by atoms with Crippen LogP contribution in [0.1, 0.15) is 114 Å². The molecule has 0 spiro atoms. The standard InChI is InChI=1S/C29H44FN3/c30-22-11-16-29-27(19-22)28(20-33(29)25-9-5-2-6-10-25)26(21-7-3-1-4-8-21)17-18-32-24-14-12-23(31)13-15-24/h11,16,19-21,23-26,32H,1-10,12-15,17-18,31H2/t23-,24-,26?. The van der Waals surface area contributed by atoms with Crippen LogP contribution < -0.4 is 11.1 Å². The summed E-state index contributed by atoms with van der Waals surface area (Å²) in [5.41, 5.74) is 8.80. The smallest absolute Gasteiger partial charge is 0.123 e. The quantitative estimate of drug-likeness (QED) is 0.465. The van der Waals surface area contributed by atoms with Gasteiger partial charge in [-0.3, -0.25) is 0 Å². The maximum Gasteiger partial charge on any atom is 0.123 e. The van der Waals surface area contributed by atoms with Gasteiger partial charge >= 0.3 is 0 Å². The Morgan fingerprint density at radius 2 is 1.61 bits per heavy atom. The fourth-order valence-corrected chi connectivity index (χ4v) is 7.16. The molecule has 5 rings (SSSR count). The number of hydrogen-bond acceptors (Lipinski definition) is 2. The van der Waals surface area contributed by atoms with Crippen LogP contribution in [0, 0.1) is 11.7 Å². The lowest BCUT2D eigenvalue weighted by Crippen LogP contribution is -2.38. The minimum Gasteiger partial charge on any atom is -0.344 e. The Hall–Kier alpha value is -1.39. The van der Waals surface area contributed by atoms with Gasteiger partial charge in [0.15, 0.2) is 0 Å². The largest absolute Gasteiger partial charge is 0.344 e. The van der Waals surface area contributed by atoms with E-state index in [2.05, 4.69) is 16.1 Å². The Balaban J connectivity index is 1.41. The molecule has 4 heteroatoms. The molecule has 3 nitrogen and oxygen atoms in total. The summed E-state index contributed by atoms with van der Waals surface area (Å²) < 4.78 is 17.0. The van der Waals surface area contributed by atoms with E-state index in [4.69, 9.17) is 5.73 Å². The molecule has 182 valence electrons. The molecule has 1 heterocycles. The fraction of sp³-hybridized carbons (Fsp3) is 0.724. The van der Waals surface area contributed by atoms with E-state index < -0.39 is 0 Å². The van der Waals surface area contributed by atoms with Gasteiger partial charge in [-0.15, -0.1) is 0 Å². The first-order chi connectivity index (χ1) is 16.2. The average Bonchev–Trinajstić information content (AvgIpc) is 3.22. The monoisotopic (exact) mass is 453 g/mol. The first kappa shape index (κ1) is 23.4. The number of rotatable bonds is 7. The first-order valence-corrected chi connectivity index (χ1v) is 14.0. The highest BCUT2D eigenvalue weighted by molar-refractivity contribution is 5.85. The third-order valence-electron chi connectivity index (χ3n) is 9.07. The van der Waals surface area contributed by atoms with Gasteiger partial charge in [-0.2, -0.15) is 0 Å². The van der Waals surface area contributed by atoms with Crippen LogP contribution in [0.25, 0.3) is 10.9 Å². The summed E-state index contributed by atoms with van der Waals surface area (Å²) in [6, 6.07) is 7.14. The zero-order chi connectivity index (χ0) is 22.6. The van der Waals surface area contributed by atoms with Gasteiger partial charge in [-0.05, 0) is 99.9 Å². The van der Waals surface area contributed by atoms with Crippen LogP contribution in [-0.2, 0) is 0 Å². The summed E-state index contributed by atoms with van der Waals surface area (Å²) in [6.45, 7) is 1.06. The number of halogens is 1. The molecule has 2 aromatic rings. The highest BCUT2D eigenvalue weighted by atomic mass is 19.1. The van der Waals surface area contributed by atoms with Crippen molar-refractivity contribution in [1.29, 1.82) is 0 Å². The zero-order valence-electron chi connectivity index (χ0n) is 20.4. The van der Waals surface area contributed by atoms with E-state index in [9.17, 15) is 4.39 Å². The molecule has 0 amide bonds. The number of hydrogen-bond donors (Lipinski definition) is 2. The molecule has 1 aromatic carbocycles. The van der Waals surface area contributed by atoms with Crippen molar-refractivity contribution in [3.05, 3.63) is 35.8 Å². The van der Waals surface area contributed by atoms with Crippen molar-refractivity contribution in [3.8, 4) is 0 Å². The van der Waals surface area contributed by atoms with Gasteiger partial charge in [-0.1, -0.05) is 38.5 Å². The molecule has 1 atom stereocenters. The lowest BCUT2D eigenvalue weighted by atomic mass is 9.75. The number of nitrogens with zero attached hydrogens (tertiary/aromatic N) is 1. The van der Waals surface area contributed by atoms with E-state index >= 15 is 0 Å². The predicted molar refractivity (Wildman–Crippen MR) is 136 cm³/mol. The minimum atomic E-state index is -0.0933. The number of aromatic nitrogens is 1. The van der Waals surface area contributed by atoms with Crippen molar-refractivity contribution in [2.24, 2.45) is 11.7 Å². The topological polar surface area (TPSA) is 43.0 Å². The molecular formula is C29H44FN3. The average molecular weight is 454 g/mol. The van der Waals surface area contributed by atoms with Crippen LogP contribution in [-0.4, -0.2) is 23.2 Å². The molecular weight excluding hydrogens is 409 g/mol. The summed E-state index contributed by atoms with van der Waals surface area (Å²) in [4.78, 5) is 0. The molecule has 0 radical (unpaired) electrons. The Morgan fingerprint density at radius 3 is 2.33 bits per heavy atom. The van der Waals surface area contributed by atoms with Crippen molar-refractivity contribution < 1.29 is 4.39 Å². The Kier molecular flexibility index (Phi) is 7.72.